The Morgan fingerprint density at radius 1 is 1.27 bits per heavy atom. The lowest BCUT2D eigenvalue weighted by Crippen LogP contribution is -2.19. The van der Waals surface area contributed by atoms with Crippen molar-refractivity contribution in [3.63, 3.8) is 0 Å². The summed E-state index contributed by atoms with van der Waals surface area (Å²) in [5, 5.41) is 3.50. The molecule has 0 radical (unpaired) electrons. The van der Waals surface area contributed by atoms with E-state index in [9.17, 15) is 0 Å². The van der Waals surface area contributed by atoms with Crippen molar-refractivity contribution in [2.75, 3.05) is 13.1 Å². The summed E-state index contributed by atoms with van der Waals surface area (Å²) >= 11 is 0. The molecule has 2 fully saturated rings. The van der Waals surface area contributed by atoms with Crippen LogP contribution in [0.2, 0.25) is 0 Å². The van der Waals surface area contributed by atoms with Crippen LogP contribution in [0.15, 0.2) is 24.3 Å². The van der Waals surface area contributed by atoms with Gasteiger partial charge < -0.3 is 5.32 Å². The van der Waals surface area contributed by atoms with Gasteiger partial charge in [-0.1, -0.05) is 38.1 Å². The Kier molecular flexibility index (Phi) is 1.93. The Bertz CT molecular complexity index is 365. The zero-order chi connectivity index (χ0) is 10.5. The smallest absolute Gasteiger partial charge is 0.0122 e. The Hall–Kier alpha value is -0.820. The average molecular weight is 201 g/mol. The van der Waals surface area contributed by atoms with Gasteiger partial charge in [-0.15, -0.1) is 0 Å². The van der Waals surface area contributed by atoms with Crippen LogP contribution in [0.25, 0.3) is 0 Å². The van der Waals surface area contributed by atoms with Crippen molar-refractivity contribution < 1.29 is 0 Å². The molecule has 1 saturated carbocycles. The van der Waals surface area contributed by atoms with Crippen LogP contribution in [0.1, 0.15) is 37.3 Å². The normalized spacial score (nSPS) is 33.1. The maximum absolute atomic E-state index is 3.50. The lowest BCUT2D eigenvalue weighted by molar-refractivity contribution is 0.675. The third-order valence-electron chi connectivity index (χ3n) is 4.22. The number of hydrogen-bond donors (Lipinski definition) is 1. The fraction of sp³-hybridized carbons (Fsp3) is 0.571. The first-order valence-electron chi connectivity index (χ1n) is 6.03. The molecule has 1 heterocycles. The second-order valence-corrected chi connectivity index (χ2v) is 5.46. The highest BCUT2D eigenvalue weighted by Crippen LogP contribution is 2.56. The minimum atomic E-state index is 0.523. The van der Waals surface area contributed by atoms with Crippen LogP contribution < -0.4 is 5.32 Å². The van der Waals surface area contributed by atoms with E-state index in [1.54, 1.807) is 5.56 Å². The van der Waals surface area contributed by atoms with E-state index in [4.69, 9.17) is 0 Å². The fourth-order valence-corrected chi connectivity index (χ4v) is 2.99. The molecular formula is C14H19N. The van der Waals surface area contributed by atoms with Crippen LogP contribution >= 0.6 is 0 Å². The monoisotopic (exact) mass is 201 g/mol. The van der Waals surface area contributed by atoms with Gasteiger partial charge in [0.2, 0.25) is 0 Å². The molecule has 3 rings (SSSR count). The van der Waals surface area contributed by atoms with Crippen molar-refractivity contribution in [3.05, 3.63) is 35.4 Å². The maximum Gasteiger partial charge on any atom is 0.0122 e. The predicted molar refractivity (Wildman–Crippen MR) is 63.2 cm³/mol. The molecule has 1 aromatic rings. The van der Waals surface area contributed by atoms with E-state index in [-0.39, 0.29) is 0 Å². The van der Waals surface area contributed by atoms with E-state index in [0.717, 1.165) is 5.92 Å². The lowest BCUT2D eigenvalue weighted by Gasteiger charge is -2.13. The topological polar surface area (TPSA) is 12.0 Å². The lowest BCUT2D eigenvalue weighted by atomic mass is 9.92. The molecule has 0 unspecified atom stereocenters. The van der Waals surface area contributed by atoms with Gasteiger partial charge in [-0.3, -0.25) is 0 Å². The van der Waals surface area contributed by atoms with Gasteiger partial charge in [0.05, 0.1) is 0 Å². The standard InChI is InChI=1S/C14H19N/c1-10(2)11-3-5-12(6-4-11)14-7-13(14)8-15-9-14/h3-6,10,13,15H,7-9H2,1-2H3/t13-,14+/m1/s1. The SMILES string of the molecule is CC(C)c1ccc([C@]23CNC[C@H]2C3)cc1. The summed E-state index contributed by atoms with van der Waals surface area (Å²) in [4.78, 5) is 0. The molecule has 1 nitrogen and oxygen atoms in total. The van der Waals surface area contributed by atoms with E-state index in [1.807, 2.05) is 0 Å². The summed E-state index contributed by atoms with van der Waals surface area (Å²) in [5.74, 6) is 1.57. The largest absolute Gasteiger partial charge is 0.316 e. The predicted octanol–water partition coefficient (Wildman–Crippen LogP) is 2.67. The van der Waals surface area contributed by atoms with Crippen molar-refractivity contribution in [1.82, 2.24) is 5.32 Å². The molecule has 1 saturated heterocycles. The van der Waals surface area contributed by atoms with Gasteiger partial charge in [-0.25, -0.2) is 0 Å². The van der Waals surface area contributed by atoms with E-state index >= 15 is 0 Å². The van der Waals surface area contributed by atoms with E-state index in [1.165, 1.54) is 25.1 Å². The third-order valence-corrected chi connectivity index (χ3v) is 4.22. The molecule has 1 aliphatic heterocycles. The Labute approximate surface area is 91.9 Å². The van der Waals surface area contributed by atoms with Crippen LogP contribution in [0, 0.1) is 5.92 Å². The summed E-state index contributed by atoms with van der Waals surface area (Å²) in [7, 11) is 0. The number of nitrogens with one attached hydrogen (secondary N) is 1. The zero-order valence-corrected chi connectivity index (χ0v) is 9.59. The quantitative estimate of drug-likeness (QED) is 0.775. The summed E-state index contributed by atoms with van der Waals surface area (Å²) < 4.78 is 0. The van der Waals surface area contributed by atoms with Gasteiger partial charge in [-0.2, -0.15) is 0 Å². The molecule has 80 valence electrons. The molecule has 15 heavy (non-hydrogen) atoms. The van der Waals surface area contributed by atoms with Gasteiger partial charge in [0.1, 0.15) is 0 Å². The first kappa shape index (κ1) is 9.41. The molecule has 0 bridgehead atoms. The highest BCUT2D eigenvalue weighted by Gasteiger charge is 2.57. The van der Waals surface area contributed by atoms with E-state index in [2.05, 4.69) is 43.4 Å². The number of fused-ring (bicyclic) bond motifs is 1. The second kappa shape index (κ2) is 3.08. The first-order chi connectivity index (χ1) is 7.22. The van der Waals surface area contributed by atoms with E-state index in [0.29, 0.717) is 11.3 Å². The highest BCUT2D eigenvalue weighted by atomic mass is 15.0. The molecule has 1 heteroatoms. The zero-order valence-electron chi connectivity index (χ0n) is 9.59. The van der Waals surface area contributed by atoms with E-state index < -0.39 is 0 Å². The van der Waals surface area contributed by atoms with Crippen molar-refractivity contribution >= 4 is 0 Å². The molecular weight excluding hydrogens is 182 g/mol. The fourth-order valence-electron chi connectivity index (χ4n) is 2.99. The van der Waals surface area contributed by atoms with Gasteiger partial charge in [0.25, 0.3) is 0 Å². The van der Waals surface area contributed by atoms with Crippen LogP contribution in [0.3, 0.4) is 0 Å². The summed E-state index contributed by atoms with van der Waals surface area (Å²) in [6.07, 6.45) is 1.40. The van der Waals surface area contributed by atoms with Crippen molar-refractivity contribution in [2.45, 2.75) is 31.6 Å². The molecule has 0 amide bonds. The molecule has 0 spiro atoms. The minimum absolute atomic E-state index is 0.523. The van der Waals surface area contributed by atoms with Crippen LogP contribution in [-0.4, -0.2) is 13.1 Å². The Morgan fingerprint density at radius 2 is 2.00 bits per heavy atom. The van der Waals surface area contributed by atoms with Crippen LogP contribution in [0.4, 0.5) is 0 Å². The number of piperidine rings is 1. The minimum Gasteiger partial charge on any atom is -0.316 e. The van der Waals surface area contributed by atoms with Gasteiger partial charge in [-0.05, 0) is 35.9 Å². The highest BCUT2D eigenvalue weighted by molar-refractivity contribution is 5.38. The maximum atomic E-state index is 3.50. The van der Waals surface area contributed by atoms with Gasteiger partial charge in [0, 0.05) is 12.0 Å². The second-order valence-electron chi connectivity index (χ2n) is 5.46. The van der Waals surface area contributed by atoms with Gasteiger partial charge >= 0.3 is 0 Å². The Morgan fingerprint density at radius 3 is 2.47 bits per heavy atom. The van der Waals surface area contributed by atoms with Crippen molar-refractivity contribution in [3.8, 4) is 0 Å². The number of benzene rings is 1. The molecule has 2 aliphatic rings. The molecule has 1 N–H and O–H groups in total. The van der Waals surface area contributed by atoms with Crippen molar-refractivity contribution in [1.29, 1.82) is 0 Å². The Balaban J connectivity index is 1.88. The molecule has 1 aliphatic carbocycles. The average Bonchev–Trinajstić information content (AvgIpc) is 2.82. The molecule has 0 aromatic heterocycles. The number of hydrogen-bond acceptors (Lipinski definition) is 1. The summed E-state index contributed by atoms with van der Waals surface area (Å²) in [6, 6.07) is 9.32. The van der Waals surface area contributed by atoms with Crippen molar-refractivity contribution in [2.24, 2.45) is 5.92 Å². The summed E-state index contributed by atoms with van der Waals surface area (Å²) in [5.41, 5.74) is 3.54. The first-order valence-corrected chi connectivity index (χ1v) is 6.03. The third kappa shape index (κ3) is 1.33. The molecule has 2 atom stereocenters. The van der Waals surface area contributed by atoms with Crippen LogP contribution in [0.5, 0.6) is 0 Å². The summed E-state index contributed by atoms with van der Waals surface area (Å²) in [6.45, 7) is 6.93. The number of rotatable bonds is 2. The molecule has 1 aromatic carbocycles. The van der Waals surface area contributed by atoms with Gasteiger partial charge in [0.15, 0.2) is 0 Å². The van der Waals surface area contributed by atoms with Crippen LogP contribution in [-0.2, 0) is 5.41 Å².